The Morgan fingerprint density at radius 1 is 1.17 bits per heavy atom. The van der Waals surface area contributed by atoms with E-state index in [1.54, 1.807) is 43.3 Å². The molecule has 0 radical (unpaired) electrons. The van der Waals surface area contributed by atoms with E-state index >= 15 is 0 Å². The fourth-order valence-electron chi connectivity index (χ4n) is 2.02. The van der Waals surface area contributed by atoms with E-state index in [0.29, 0.717) is 23.5 Å². The summed E-state index contributed by atoms with van der Waals surface area (Å²) in [6.07, 6.45) is -0.667. The summed E-state index contributed by atoms with van der Waals surface area (Å²) in [5.41, 5.74) is 1.05. The van der Waals surface area contributed by atoms with Gasteiger partial charge in [-0.25, -0.2) is 0 Å². The summed E-state index contributed by atoms with van der Waals surface area (Å²) in [5, 5.41) is 5.48. The lowest BCUT2D eigenvalue weighted by molar-refractivity contribution is -0.122. The van der Waals surface area contributed by atoms with Crippen molar-refractivity contribution >= 4 is 33.4 Å². The zero-order chi connectivity index (χ0) is 17.5. The second kappa shape index (κ2) is 8.49. The normalized spacial score (nSPS) is 11.5. The molecule has 0 spiro atoms. The van der Waals surface area contributed by atoms with Crippen LogP contribution >= 0.6 is 15.9 Å². The van der Waals surface area contributed by atoms with E-state index in [0.717, 1.165) is 4.47 Å². The van der Waals surface area contributed by atoms with Gasteiger partial charge in [0.05, 0.1) is 0 Å². The Bertz CT molecular complexity index is 716. The molecule has 1 unspecified atom stereocenters. The van der Waals surface area contributed by atoms with E-state index in [9.17, 15) is 9.59 Å². The standard InChI is InChI=1S/C18H19BrN2O3/c1-3-20-18(23)13-5-4-6-15(11-13)21-17(22)12(2)24-16-9-7-14(19)8-10-16/h4-12H,3H2,1-2H3,(H,20,23)(H,21,22). The van der Waals surface area contributed by atoms with Crippen LogP contribution in [-0.4, -0.2) is 24.5 Å². The average molecular weight is 391 g/mol. The fraction of sp³-hybridized carbons (Fsp3) is 0.222. The predicted molar refractivity (Wildman–Crippen MR) is 97.3 cm³/mol. The molecule has 0 aliphatic carbocycles. The van der Waals surface area contributed by atoms with Gasteiger partial charge in [-0.3, -0.25) is 9.59 Å². The Hall–Kier alpha value is -2.34. The van der Waals surface area contributed by atoms with Crippen molar-refractivity contribution in [2.24, 2.45) is 0 Å². The topological polar surface area (TPSA) is 67.4 Å². The molecule has 0 aliphatic rings. The number of amides is 2. The van der Waals surface area contributed by atoms with E-state index < -0.39 is 6.10 Å². The van der Waals surface area contributed by atoms with Gasteiger partial charge in [0.1, 0.15) is 5.75 Å². The molecule has 5 nitrogen and oxygen atoms in total. The van der Waals surface area contributed by atoms with Crippen molar-refractivity contribution in [3.63, 3.8) is 0 Å². The van der Waals surface area contributed by atoms with Crippen LogP contribution in [0.3, 0.4) is 0 Å². The molecule has 1 atom stereocenters. The third kappa shape index (κ3) is 5.09. The lowest BCUT2D eigenvalue weighted by atomic mass is 10.2. The number of carbonyl (C=O) groups excluding carboxylic acids is 2. The first-order valence-corrected chi connectivity index (χ1v) is 8.40. The largest absolute Gasteiger partial charge is 0.481 e. The lowest BCUT2D eigenvalue weighted by Gasteiger charge is -2.15. The minimum atomic E-state index is -0.667. The van der Waals surface area contributed by atoms with Crippen molar-refractivity contribution in [3.05, 3.63) is 58.6 Å². The molecule has 2 aromatic rings. The maximum absolute atomic E-state index is 12.2. The number of ether oxygens (including phenoxy) is 1. The molecule has 0 aromatic heterocycles. The molecule has 126 valence electrons. The molecule has 0 saturated heterocycles. The van der Waals surface area contributed by atoms with Gasteiger partial charge in [0.2, 0.25) is 0 Å². The Balaban J connectivity index is 1.99. The molecular weight excluding hydrogens is 372 g/mol. The summed E-state index contributed by atoms with van der Waals surface area (Å²) >= 11 is 3.35. The van der Waals surface area contributed by atoms with Crippen molar-refractivity contribution in [2.45, 2.75) is 20.0 Å². The summed E-state index contributed by atoms with van der Waals surface area (Å²) in [5.74, 6) is 0.149. The molecule has 0 saturated carbocycles. The highest BCUT2D eigenvalue weighted by molar-refractivity contribution is 9.10. The first-order valence-electron chi connectivity index (χ1n) is 7.61. The van der Waals surface area contributed by atoms with Gasteiger partial charge in [-0.15, -0.1) is 0 Å². The molecule has 0 fully saturated rings. The fourth-order valence-corrected chi connectivity index (χ4v) is 2.28. The van der Waals surface area contributed by atoms with Crippen molar-refractivity contribution in [2.75, 3.05) is 11.9 Å². The van der Waals surface area contributed by atoms with Crippen LogP contribution in [0.25, 0.3) is 0 Å². The zero-order valence-corrected chi connectivity index (χ0v) is 15.1. The van der Waals surface area contributed by atoms with Crippen LogP contribution in [0.15, 0.2) is 53.0 Å². The van der Waals surface area contributed by atoms with Gasteiger partial charge < -0.3 is 15.4 Å². The Kier molecular flexibility index (Phi) is 6.37. The summed E-state index contributed by atoms with van der Waals surface area (Å²) in [7, 11) is 0. The zero-order valence-electron chi connectivity index (χ0n) is 13.5. The highest BCUT2D eigenvalue weighted by Crippen LogP contribution is 2.18. The van der Waals surface area contributed by atoms with Crippen LogP contribution in [-0.2, 0) is 4.79 Å². The van der Waals surface area contributed by atoms with Crippen molar-refractivity contribution in [1.82, 2.24) is 5.32 Å². The number of rotatable bonds is 6. The number of anilines is 1. The highest BCUT2D eigenvalue weighted by atomic mass is 79.9. The maximum atomic E-state index is 12.2. The van der Waals surface area contributed by atoms with E-state index in [2.05, 4.69) is 26.6 Å². The van der Waals surface area contributed by atoms with Gasteiger partial charge in [-0.1, -0.05) is 22.0 Å². The monoisotopic (exact) mass is 390 g/mol. The molecule has 2 rings (SSSR count). The van der Waals surface area contributed by atoms with E-state index in [1.165, 1.54) is 0 Å². The van der Waals surface area contributed by atoms with Crippen LogP contribution in [0.5, 0.6) is 5.75 Å². The first kappa shape index (κ1) is 18.0. The molecular formula is C18H19BrN2O3. The number of hydrogen-bond acceptors (Lipinski definition) is 3. The molecule has 6 heteroatoms. The Morgan fingerprint density at radius 2 is 1.88 bits per heavy atom. The number of nitrogens with one attached hydrogen (secondary N) is 2. The lowest BCUT2D eigenvalue weighted by Crippen LogP contribution is -2.30. The van der Waals surface area contributed by atoms with Crippen LogP contribution in [0, 0.1) is 0 Å². The number of benzene rings is 2. The average Bonchev–Trinajstić information content (AvgIpc) is 2.57. The van der Waals surface area contributed by atoms with Crippen LogP contribution < -0.4 is 15.4 Å². The van der Waals surface area contributed by atoms with Gasteiger partial charge in [0.25, 0.3) is 11.8 Å². The third-order valence-corrected chi connectivity index (χ3v) is 3.75. The van der Waals surface area contributed by atoms with Gasteiger partial charge in [0.15, 0.2) is 6.10 Å². The molecule has 2 aromatic carbocycles. The Morgan fingerprint density at radius 3 is 2.54 bits per heavy atom. The summed E-state index contributed by atoms with van der Waals surface area (Å²) in [6.45, 7) is 4.07. The summed E-state index contributed by atoms with van der Waals surface area (Å²) in [4.78, 5) is 24.1. The summed E-state index contributed by atoms with van der Waals surface area (Å²) < 4.78 is 6.55. The van der Waals surface area contributed by atoms with Crippen molar-refractivity contribution < 1.29 is 14.3 Å². The van der Waals surface area contributed by atoms with E-state index in [-0.39, 0.29) is 11.8 Å². The van der Waals surface area contributed by atoms with Gasteiger partial charge in [-0.05, 0) is 56.3 Å². The van der Waals surface area contributed by atoms with E-state index in [1.807, 2.05) is 19.1 Å². The molecule has 0 heterocycles. The SMILES string of the molecule is CCNC(=O)c1cccc(NC(=O)C(C)Oc2ccc(Br)cc2)c1. The number of halogens is 1. The number of hydrogen-bond donors (Lipinski definition) is 2. The molecule has 0 aliphatic heterocycles. The van der Waals surface area contributed by atoms with Crippen LogP contribution in [0.4, 0.5) is 5.69 Å². The minimum Gasteiger partial charge on any atom is -0.481 e. The second-order valence-corrected chi connectivity index (χ2v) is 6.06. The third-order valence-electron chi connectivity index (χ3n) is 3.23. The van der Waals surface area contributed by atoms with Gasteiger partial charge >= 0.3 is 0 Å². The van der Waals surface area contributed by atoms with Gasteiger partial charge in [-0.2, -0.15) is 0 Å². The number of carbonyl (C=O) groups is 2. The van der Waals surface area contributed by atoms with Crippen LogP contribution in [0.1, 0.15) is 24.2 Å². The molecule has 2 amide bonds. The molecule has 2 N–H and O–H groups in total. The molecule has 24 heavy (non-hydrogen) atoms. The minimum absolute atomic E-state index is 0.173. The first-order chi connectivity index (χ1) is 11.5. The van der Waals surface area contributed by atoms with E-state index in [4.69, 9.17) is 4.74 Å². The second-order valence-electron chi connectivity index (χ2n) is 5.14. The Labute approximate surface area is 149 Å². The molecule has 0 bridgehead atoms. The van der Waals surface area contributed by atoms with Gasteiger partial charge in [0, 0.05) is 22.3 Å². The van der Waals surface area contributed by atoms with Crippen molar-refractivity contribution in [1.29, 1.82) is 0 Å². The maximum Gasteiger partial charge on any atom is 0.265 e. The smallest absolute Gasteiger partial charge is 0.265 e. The highest BCUT2D eigenvalue weighted by Gasteiger charge is 2.15. The van der Waals surface area contributed by atoms with Crippen LogP contribution in [0.2, 0.25) is 0 Å². The summed E-state index contributed by atoms with van der Waals surface area (Å²) in [6, 6.07) is 14.0. The van der Waals surface area contributed by atoms with Crippen molar-refractivity contribution in [3.8, 4) is 5.75 Å². The predicted octanol–water partition coefficient (Wildman–Crippen LogP) is 3.60. The quantitative estimate of drug-likeness (QED) is 0.791.